The van der Waals surface area contributed by atoms with Crippen molar-refractivity contribution in [2.24, 2.45) is 0 Å². The third-order valence-corrected chi connectivity index (χ3v) is 5.29. The van der Waals surface area contributed by atoms with E-state index in [0.29, 0.717) is 17.0 Å². The predicted molar refractivity (Wildman–Crippen MR) is 122 cm³/mol. The number of anilines is 2. The Kier molecular flexibility index (Phi) is 7.44. The summed E-state index contributed by atoms with van der Waals surface area (Å²) in [6, 6.07) is 5.64. The van der Waals surface area contributed by atoms with Gasteiger partial charge in [0.1, 0.15) is 17.5 Å². The zero-order valence-corrected chi connectivity index (χ0v) is 17.9. The molecule has 0 saturated carbocycles. The molecule has 0 saturated heterocycles. The molecule has 8 N–H and O–H groups in total. The summed E-state index contributed by atoms with van der Waals surface area (Å²) in [7, 11) is 0. The molecule has 0 aliphatic carbocycles. The Morgan fingerprint density at radius 2 is 1.73 bits per heavy atom. The maximum absolute atomic E-state index is 12.3. The van der Waals surface area contributed by atoms with Gasteiger partial charge >= 0.3 is 11.9 Å². The number of carbonyl (C=O) groups is 3. The average molecular weight is 454 g/mol. The van der Waals surface area contributed by atoms with Crippen molar-refractivity contribution < 1.29 is 24.6 Å². The number of benzene rings is 1. The van der Waals surface area contributed by atoms with Crippen LogP contribution in [0.1, 0.15) is 47.2 Å². The molecule has 0 fully saturated rings. The summed E-state index contributed by atoms with van der Waals surface area (Å²) in [5, 5.41) is 21.0. The maximum atomic E-state index is 12.3. The molecule has 2 heterocycles. The Balaban J connectivity index is 1.50. The number of nitrogens with two attached hydrogens (primary N) is 2. The number of nitrogens with zero attached hydrogens (tertiary/aromatic N) is 2. The first-order valence-corrected chi connectivity index (χ1v) is 10.5. The molecule has 0 spiro atoms. The second-order valence-electron chi connectivity index (χ2n) is 7.71. The molecule has 33 heavy (non-hydrogen) atoms. The van der Waals surface area contributed by atoms with Crippen molar-refractivity contribution in [1.82, 2.24) is 20.3 Å². The molecule has 1 aromatic carbocycles. The van der Waals surface area contributed by atoms with Gasteiger partial charge in [-0.1, -0.05) is 12.1 Å². The molecule has 0 aliphatic rings. The molecule has 3 aromatic rings. The molecule has 0 unspecified atom stereocenters. The highest BCUT2D eigenvalue weighted by Crippen LogP contribution is 2.24. The van der Waals surface area contributed by atoms with E-state index in [2.05, 4.69) is 20.3 Å². The van der Waals surface area contributed by atoms with Crippen LogP contribution in [-0.4, -0.2) is 49.1 Å². The summed E-state index contributed by atoms with van der Waals surface area (Å²) in [4.78, 5) is 45.4. The average Bonchev–Trinajstić information content (AvgIpc) is 3.17. The number of carbonyl (C=O) groups excluding carboxylic acids is 1. The Morgan fingerprint density at radius 3 is 2.39 bits per heavy atom. The lowest BCUT2D eigenvalue weighted by Crippen LogP contribution is -2.41. The quantitative estimate of drug-likeness (QED) is 0.234. The van der Waals surface area contributed by atoms with Crippen LogP contribution in [0.2, 0.25) is 0 Å². The molecule has 2 aromatic heterocycles. The van der Waals surface area contributed by atoms with Crippen molar-refractivity contribution >= 4 is 40.6 Å². The first-order valence-electron chi connectivity index (χ1n) is 10.5. The van der Waals surface area contributed by atoms with Gasteiger partial charge in [-0.2, -0.15) is 9.97 Å². The fraction of sp³-hybridized carbons (Fsp3) is 0.318. The number of aryl methyl sites for hydroxylation is 2. The highest BCUT2D eigenvalue weighted by Gasteiger charge is 2.21. The van der Waals surface area contributed by atoms with Crippen LogP contribution >= 0.6 is 0 Å². The number of nitrogen functional groups attached to an aromatic ring is 2. The van der Waals surface area contributed by atoms with Gasteiger partial charge < -0.3 is 32.0 Å². The Hall–Kier alpha value is -4.15. The van der Waals surface area contributed by atoms with Crippen molar-refractivity contribution in [1.29, 1.82) is 0 Å². The summed E-state index contributed by atoms with van der Waals surface area (Å²) in [6.07, 6.45) is 4.75. The van der Waals surface area contributed by atoms with Crippen LogP contribution < -0.4 is 16.8 Å². The number of H-pyrrole nitrogens is 1. The fourth-order valence-corrected chi connectivity index (χ4v) is 3.58. The first kappa shape index (κ1) is 23.5. The van der Waals surface area contributed by atoms with Crippen LogP contribution in [0.15, 0.2) is 30.5 Å². The van der Waals surface area contributed by atoms with Crippen LogP contribution in [0.5, 0.6) is 0 Å². The van der Waals surface area contributed by atoms with E-state index in [1.807, 2.05) is 18.3 Å². The summed E-state index contributed by atoms with van der Waals surface area (Å²) in [5.41, 5.74) is 14.6. The van der Waals surface area contributed by atoms with Gasteiger partial charge in [-0.3, -0.25) is 9.59 Å². The van der Waals surface area contributed by atoms with E-state index in [9.17, 15) is 19.5 Å². The highest BCUT2D eigenvalue weighted by atomic mass is 16.4. The van der Waals surface area contributed by atoms with E-state index in [1.165, 1.54) is 0 Å². The Labute approximate surface area is 189 Å². The second-order valence-corrected chi connectivity index (χ2v) is 7.71. The number of amides is 1. The summed E-state index contributed by atoms with van der Waals surface area (Å²) < 4.78 is 0. The minimum atomic E-state index is -1.27. The van der Waals surface area contributed by atoms with Gasteiger partial charge in [-0.25, -0.2) is 4.79 Å². The van der Waals surface area contributed by atoms with Crippen LogP contribution in [0.3, 0.4) is 0 Å². The van der Waals surface area contributed by atoms with Gasteiger partial charge in [0.05, 0.1) is 5.39 Å². The monoisotopic (exact) mass is 454 g/mol. The summed E-state index contributed by atoms with van der Waals surface area (Å²) >= 11 is 0. The standard InChI is InChI=1S/C22H26N6O5/c23-18-17-14(11-25-19(17)28-22(24)27-18)4-2-1-3-12-5-7-13(8-6-12)20(31)26-15(21(32)33)9-10-16(29)30/h5-8,11,15H,1-4,9-10H2,(H,26,31)(H,29,30)(H,32,33)(H5,23,24,25,27,28)/t15-/m1/s1. The lowest BCUT2D eigenvalue weighted by atomic mass is 10.0. The van der Waals surface area contributed by atoms with E-state index < -0.39 is 23.9 Å². The molecule has 0 aliphatic heterocycles. The molecule has 11 nitrogen and oxygen atoms in total. The number of aromatic amines is 1. The Morgan fingerprint density at radius 1 is 1.03 bits per heavy atom. The predicted octanol–water partition coefficient (Wildman–Crippen LogP) is 1.74. The van der Waals surface area contributed by atoms with E-state index in [4.69, 9.17) is 16.6 Å². The van der Waals surface area contributed by atoms with Crippen LogP contribution in [-0.2, 0) is 22.4 Å². The normalized spacial score (nSPS) is 11.9. The smallest absolute Gasteiger partial charge is 0.326 e. The topological polar surface area (TPSA) is 197 Å². The van der Waals surface area contributed by atoms with E-state index in [0.717, 1.165) is 42.2 Å². The minimum absolute atomic E-state index is 0.129. The van der Waals surface area contributed by atoms with Crippen molar-refractivity contribution in [2.75, 3.05) is 11.5 Å². The number of rotatable bonds is 11. The lowest BCUT2D eigenvalue weighted by Gasteiger charge is -2.13. The number of aliphatic carboxylic acids is 2. The molecule has 0 bridgehead atoms. The molecule has 1 atom stereocenters. The number of hydrogen-bond donors (Lipinski definition) is 6. The molecule has 1 amide bonds. The second kappa shape index (κ2) is 10.4. The fourth-order valence-electron chi connectivity index (χ4n) is 3.58. The van der Waals surface area contributed by atoms with Crippen LogP contribution in [0.25, 0.3) is 11.0 Å². The van der Waals surface area contributed by atoms with E-state index >= 15 is 0 Å². The summed E-state index contributed by atoms with van der Waals surface area (Å²) in [5.74, 6) is -2.46. The third kappa shape index (κ3) is 6.19. The van der Waals surface area contributed by atoms with E-state index in [-0.39, 0.29) is 18.8 Å². The van der Waals surface area contributed by atoms with Gasteiger partial charge in [0, 0.05) is 18.2 Å². The van der Waals surface area contributed by atoms with Crippen molar-refractivity contribution in [3.05, 3.63) is 47.2 Å². The maximum Gasteiger partial charge on any atom is 0.326 e. The van der Waals surface area contributed by atoms with Gasteiger partial charge in [0.2, 0.25) is 5.95 Å². The van der Waals surface area contributed by atoms with Crippen molar-refractivity contribution in [3.63, 3.8) is 0 Å². The lowest BCUT2D eigenvalue weighted by molar-refractivity contribution is -0.140. The number of carboxylic acid groups (broad SMARTS) is 2. The van der Waals surface area contributed by atoms with Crippen molar-refractivity contribution in [3.8, 4) is 0 Å². The van der Waals surface area contributed by atoms with E-state index in [1.54, 1.807) is 12.1 Å². The summed E-state index contributed by atoms with van der Waals surface area (Å²) in [6.45, 7) is 0. The molecular formula is C22H26N6O5. The molecule has 11 heteroatoms. The van der Waals surface area contributed by atoms with Gasteiger partial charge in [-0.15, -0.1) is 0 Å². The van der Waals surface area contributed by atoms with Crippen LogP contribution in [0.4, 0.5) is 11.8 Å². The van der Waals surface area contributed by atoms with Crippen LogP contribution in [0, 0.1) is 0 Å². The van der Waals surface area contributed by atoms with Gasteiger partial charge in [0.25, 0.3) is 5.91 Å². The number of carboxylic acids is 2. The van der Waals surface area contributed by atoms with Gasteiger partial charge in [0.15, 0.2) is 0 Å². The Bertz CT molecular complexity index is 1160. The number of fused-ring (bicyclic) bond motifs is 1. The molecule has 3 rings (SSSR count). The minimum Gasteiger partial charge on any atom is -0.481 e. The number of hydrogen-bond acceptors (Lipinski definition) is 7. The zero-order chi connectivity index (χ0) is 24.0. The van der Waals surface area contributed by atoms with Gasteiger partial charge in [-0.05, 0) is 55.4 Å². The molecule has 0 radical (unpaired) electrons. The zero-order valence-electron chi connectivity index (χ0n) is 17.9. The highest BCUT2D eigenvalue weighted by molar-refractivity contribution is 5.96. The number of nitrogens with one attached hydrogen (secondary N) is 2. The SMILES string of the molecule is Nc1nc(N)c2c(CCCCc3ccc(C(=O)N[C@H](CCC(=O)O)C(=O)O)cc3)c[nH]c2n1. The third-order valence-electron chi connectivity index (χ3n) is 5.29. The largest absolute Gasteiger partial charge is 0.481 e. The number of aromatic nitrogens is 3. The number of unbranched alkanes of at least 4 members (excludes halogenated alkanes) is 1. The molecule has 174 valence electrons. The first-order chi connectivity index (χ1) is 15.7. The van der Waals surface area contributed by atoms with Crippen molar-refractivity contribution in [2.45, 2.75) is 44.6 Å². The molecular weight excluding hydrogens is 428 g/mol.